The van der Waals surface area contributed by atoms with Crippen molar-refractivity contribution >= 4 is 30.0 Å². The minimum Gasteiger partial charge on any atom is -0.476 e. The van der Waals surface area contributed by atoms with Crippen molar-refractivity contribution in [1.29, 1.82) is 0 Å². The largest absolute Gasteiger partial charge is 0.476 e. The molecule has 12 heavy (non-hydrogen) atoms. The molecule has 5 heteroatoms. The van der Waals surface area contributed by atoms with Gasteiger partial charge in [0.05, 0.1) is 5.02 Å². The highest BCUT2D eigenvalue weighted by molar-refractivity contribution is 6.33. The van der Waals surface area contributed by atoms with Gasteiger partial charge in [-0.2, -0.15) is 0 Å². The van der Waals surface area contributed by atoms with Crippen molar-refractivity contribution in [2.45, 2.75) is 6.92 Å². The van der Waals surface area contributed by atoms with Crippen LogP contribution in [0.3, 0.4) is 0 Å². The van der Waals surface area contributed by atoms with Crippen LogP contribution in [-0.2, 0) is 0 Å². The van der Waals surface area contributed by atoms with Gasteiger partial charge in [0, 0.05) is 6.20 Å². The van der Waals surface area contributed by atoms with Crippen molar-refractivity contribution < 1.29 is 9.90 Å². The summed E-state index contributed by atoms with van der Waals surface area (Å²) >= 11 is 5.58. The molecule has 0 unspecified atom stereocenters. The lowest BCUT2D eigenvalue weighted by Crippen LogP contribution is -2.00. The molecule has 1 aromatic rings. The molecule has 0 aliphatic heterocycles. The molecular formula is C7H7Cl2NO2. The van der Waals surface area contributed by atoms with Crippen molar-refractivity contribution in [3.63, 3.8) is 0 Å². The van der Waals surface area contributed by atoms with E-state index < -0.39 is 5.97 Å². The molecule has 1 heterocycles. The van der Waals surface area contributed by atoms with Gasteiger partial charge in [-0.05, 0) is 18.6 Å². The summed E-state index contributed by atoms with van der Waals surface area (Å²) in [5, 5.41) is 8.69. The van der Waals surface area contributed by atoms with E-state index in [2.05, 4.69) is 4.98 Å². The maximum Gasteiger partial charge on any atom is 0.356 e. The van der Waals surface area contributed by atoms with E-state index in [1.165, 1.54) is 6.20 Å². The van der Waals surface area contributed by atoms with E-state index >= 15 is 0 Å². The van der Waals surface area contributed by atoms with Gasteiger partial charge < -0.3 is 5.11 Å². The number of aromatic carboxylic acids is 1. The molecule has 0 radical (unpaired) electrons. The first-order valence-corrected chi connectivity index (χ1v) is 3.34. The number of rotatable bonds is 1. The molecule has 0 saturated heterocycles. The Kier molecular flexibility index (Phi) is 4.00. The summed E-state index contributed by atoms with van der Waals surface area (Å²) in [6, 6.07) is 1.57. The van der Waals surface area contributed by atoms with Crippen LogP contribution in [0.25, 0.3) is 0 Å². The van der Waals surface area contributed by atoms with Crippen LogP contribution in [0.2, 0.25) is 5.02 Å². The lowest BCUT2D eigenvalue weighted by Gasteiger charge is -1.97. The van der Waals surface area contributed by atoms with Gasteiger partial charge in [-0.1, -0.05) is 11.6 Å². The molecule has 3 nitrogen and oxygen atoms in total. The molecule has 1 N–H and O–H groups in total. The van der Waals surface area contributed by atoms with Crippen LogP contribution in [0.4, 0.5) is 0 Å². The van der Waals surface area contributed by atoms with Crippen molar-refractivity contribution in [2.24, 2.45) is 0 Å². The Balaban J connectivity index is 0.00000121. The molecule has 0 fully saturated rings. The third-order valence-electron chi connectivity index (χ3n) is 1.18. The van der Waals surface area contributed by atoms with Gasteiger partial charge in [0.2, 0.25) is 0 Å². The second-order valence-electron chi connectivity index (χ2n) is 2.15. The van der Waals surface area contributed by atoms with E-state index in [1.54, 1.807) is 13.0 Å². The third-order valence-corrected chi connectivity index (χ3v) is 1.47. The van der Waals surface area contributed by atoms with Crippen molar-refractivity contribution in [1.82, 2.24) is 4.98 Å². The maximum atomic E-state index is 10.4. The number of hydrogen-bond acceptors (Lipinski definition) is 2. The number of carboxylic acid groups (broad SMARTS) is 1. The molecule has 0 aliphatic carbocycles. The molecule has 0 spiro atoms. The number of pyridine rings is 1. The van der Waals surface area contributed by atoms with Crippen LogP contribution in [0, 0.1) is 6.92 Å². The number of aromatic nitrogens is 1. The lowest BCUT2D eigenvalue weighted by molar-refractivity contribution is 0.0690. The highest BCUT2D eigenvalue weighted by atomic mass is 35.5. The molecule has 0 aliphatic rings. The molecule has 1 rings (SSSR count). The highest BCUT2D eigenvalue weighted by Crippen LogP contribution is 2.14. The molecule has 0 saturated carbocycles. The van der Waals surface area contributed by atoms with Crippen LogP contribution in [0.15, 0.2) is 12.3 Å². The summed E-state index contributed by atoms with van der Waals surface area (Å²) in [6.45, 7) is 1.80. The maximum absolute atomic E-state index is 10.4. The normalized spacial score (nSPS) is 8.83. The van der Waals surface area contributed by atoms with Crippen LogP contribution >= 0.6 is 24.0 Å². The fraction of sp³-hybridized carbons (Fsp3) is 0.143. The van der Waals surface area contributed by atoms with Gasteiger partial charge in [-0.3, -0.25) is 0 Å². The SMILES string of the molecule is Cc1cnc(C(=O)O)c(Cl)c1.Cl. The first-order chi connectivity index (χ1) is 5.11. The minimum absolute atomic E-state index is 0. The Labute approximate surface area is 80.8 Å². The predicted octanol–water partition coefficient (Wildman–Crippen LogP) is 2.16. The average molecular weight is 208 g/mol. The molecule has 0 aromatic carbocycles. The van der Waals surface area contributed by atoms with Gasteiger partial charge in [0.15, 0.2) is 5.69 Å². The van der Waals surface area contributed by atoms with Crippen LogP contribution in [0.5, 0.6) is 0 Å². The second kappa shape index (κ2) is 4.28. The summed E-state index contributed by atoms with van der Waals surface area (Å²) in [7, 11) is 0. The van der Waals surface area contributed by atoms with E-state index in [4.69, 9.17) is 16.7 Å². The quantitative estimate of drug-likeness (QED) is 0.769. The molecule has 0 amide bonds. The predicted molar refractivity (Wildman–Crippen MR) is 48.2 cm³/mol. The summed E-state index contributed by atoms with van der Waals surface area (Å²) < 4.78 is 0. The van der Waals surface area contributed by atoms with E-state index in [1.807, 2.05) is 0 Å². The standard InChI is InChI=1S/C7H6ClNO2.ClH/c1-4-2-5(8)6(7(10)11)9-3-4;/h2-3H,1H3,(H,10,11);1H. The highest BCUT2D eigenvalue weighted by Gasteiger charge is 2.08. The summed E-state index contributed by atoms with van der Waals surface area (Å²) in [5.74, 6) is -1.10. The Morgan fingerprint density at radius 3 is 2.67 bits per heavy atom. The molecule has 66 valence electrons. The summed E-state index contributed by atoms with van der Waals surface area (Å²) in [4.78, 5) is 14.0. The van der Waals surface area contributed by atoms with Crippen molar-refractivity contribution in [2.75, 3.05) is 0 Å². The van der Waals surface area contributed by atoms with Gasteiger partial charge >= 0.3 is 5.97 Å². The topological polar surface area (TPSA) is 50.2 Å². The summed E-state index contributed by atoms with van der Waals surface area (Å²) in [5.41, 5.74) is 0.747. The number of halogens is 2. The molecule has 1 aromatic heterocycles. The smallest absolute Gasteiger partial charge is 0.356 e. The third kappa shape index (κ3) is 2.36. The number of nitrogens with zero attached hydrogens (tertiary/aromatic N) is 1. The first kappa shape index (κ1) is 11.2. The van der Waals surface area contributed by atoms with E-state index in [0.29, 0.717) is 0 Å². The second-order valence-corrected chi connectivity index (χ2v) is 2.56. The molecule has 0 bridgehead atoms. The molecule has 0 atom stereocenters. The number of carbonyl (C=O) groups is 1. The Hall–Kier alpha value is -0.800. The van der Waals surface area contributed by atoms with Crippen LogP contribution in [0.1, 0.15) is 16.1 Å². The minimum atomic E-state index is -1.10. The van der Waals surface area contributed by atoms with Crippen LogP contribution < -0.4 is 0 Å². The monoisotopic (exact) mass is 207 g/mol. The van der Waals surface area contributed by atoms with Gasteiger partial charge in [-0.25, -0.2) is 9.78 Å². The van der Waals surface area contributed by atoms with E-state index in [-0.39, 0.29) is 23.1 Å². The van der Waals surface area contributed by atoms with Crippen molar-refractivity contribution in [3.05, 3.63) is 28.5 Å². The van der Waals surface area contributed by atoms with Crippen molar-refractivity contribution in [3.8, 4) is 0 Å². The zero-order valence-electron chi connectivity index (χ0n) is 6.24. The van der Waals surface area contributed by atoms with E-state index in [0.717, 1.165) is 5.56 Å². The lowest BCUT2D eigenvalue weighted by atomic mass is 10.3. The number of hydrogen-bond donors (Lipinski definition) is 1. The number of carboxylic acids is 1. The fourth-order valence-corrected chi connectivity index (χ4v) is 0.993. The van der Waals surface area contributed by atoms with Gasteiger partial charge in [0.1, 0.15) is 0 Å². The van der Waals surface area contributed by atoms with E-state index in [9.17, 15) is 4.79 Å². The Morgan fingerprint density at radius 2 is 2.25 bits per heavy atom. The summed E-state index contributed by atoms with van der Waals surface area (Å²) in [6.07, 6.45) is 1.47. The van der Waals surface area contributed by atoms with Gasteiger partial charge in [0.25, 0.3) is 0 Å². The average Bonchev–Trinajstić information content (AvgIpc) is 1.85. The fourth-order valence-electron chi connectivity index (χ4n) is 0.691. The zero-order valence-corrected chi connectivity index (χ0v) is 7.82. The zero-order chi connectivity index (χ0) is 8.43. The Bertz CT molecular complexity index is 301. The molecular weight excluding hydrogens is 201 g/mol. The van der Waals surface area contributed by atoms with Gasteiger partial charge in [-0.15, -0.1) is 12.4 Å². The first-order valence-electron chi connectivity index (χ1n) is 2.96. The van der Waals surface area contributed by atoms with Crippen LogP contribution in [-0.4, -0.2) is 16.1 Å². The number of aryl methyl sites for hydroxylation is 1. The Morgan fingerprint density at radius 1 is 1.67 bits per heavy atom.